The molecule has 176 valence electrons. The molecule has 10 heteroatoms. The topological polar surface area (TPSA) is 109 Å². The Hall–Kier alpha value is -2.85. The number of fused-ring (bicyclic) bond motifs is 1. The fraction of sp³-hybridized carbons (Fsp3) is 0.478. The molecule has 0 aliphatic carbocycles. The van der Waals surface area contributed by atoms with Crippen molar-refractivity contribution in [3.05, 3.63) is 41.7 Å². The molecule has 1 amide bonds. The highest BCUT2D eigenvalue weighted by atomic mass is 32.2. The van der Waals surface area contributed by atoms with Gasteiger partial charge in [-0.15, -0.1) is 0 Å². The number of H-pyrrole nitrogens is 1. The van der Waals surface area contributed by atoms with Crippen LogP contribution in [0.3, 0.4) is 0 Å². The predicted molar refractivity (Wildman–Crippen MR) is 119 cm³/mol. The van der Waals surface area contributed by atoms with Crippen LogP contribution in [0.5, 0.6) is 11.5 Å². The van der Waals surface area contributed by atoms with Crippen molar-refractivity contribution in [1.29, 1.82) is 0 Å². The first-order valence-corrected chi connectivity index (χ1v) is 12.8. The van der Waals surface area contributed by atoms with Crippen molar-refractivity contribution in [2.24, 2.45) is 5.92 Å². The van der Waals surface area contributed by atoms with E-state index in [9.17, 15) is 18.0 Å². The van der Waals surface area contributed by atoms with Crippen molar-refractivity contribution in [1.82, 2.24) is 14.2 Å². The largest absolute Gasteiger partial charge is 0.486 e. The number of aromatic nitrogens is 1. The Morgan fingerprint density at radius 1 is 0.939 bits per heavy atom. The molecule has 0 bridgehead atoms. The van der Waals surface area contributed by atoms with Gasteiger partial charge in [-0.25, -0.2) is 8.42 Å². The van der Waals surface area contributed by atoms with Crippen LogP contribution < -0.4 is 9.47 Å². The minimum Gasteiger partial charge on any atom is -0.486 e. The van der Waals surface area contributed by atoms with E-state index in [2.05, 4.69) is 4.98 Å². The molecule has 5 rings (SSSR count). The first-order chi connectivity index (χ1) is 15.9. The Balaban J connectivity index is 1.21. The number of sulfonamides is 1. The summed E-state index contributed by atoms with van der Waals surface area (Å²) in [5, 5.41) is 0. The molecule has 33 heavy (non-hydrogen) atoms. The first kappa shape index (κ1) is 22.0. The maximum Gasteiger partial charge on any atom is 0.270 e. The normalized spacial score (nSPS) is 19.6. The number of likely N-dealkylation sites (tertiary alicyclic amines) is 1. The van der Waals surface area contributed by atoms with Crippen molar-refractivity contribution in [3.63, 3.8) is 0 Å². The predicted octanol–water partition coefficient (Wildman–Crippen LogP) is 2.31. The van der Waals surface area contributed by atoms with Gasteiger partial charge in [0.1, 0.15) is 23.8 Å². The summed E-state index contributed by atoms with van der Waals surface area (Å²) >= 11 is 0. The second-order valence-electron chi connectivity index (χ2n) is 8.65. The van der Waals surface area contributed by atoms with Gasteiger partial charge in [0.25, 0.3) is 5.91 Å². The molecule has 0 saturated carbocycles. The number of aromatic amines is 1. The van der Waals surface area contributed by atoms with Gasteiger partial charge in [-0.3, -0.25) is 9.59 Å². The summed E-state index contributed by atoms with van der Waals surface area (Å²) in [6.45, 7) is 2.87. The highest BCUT2D eigenvalue weighted by Gasteiger charge is 2.32. The molecule has 2 fully saturated rings. The minimum atomic E-state index is -3.57. The average molecular weight is 474 g/mol. The number of ketones is 1. The lowest BCUT2D eigenvalue weighted by atomic mass is 9.88. The van der Waals surface area contributed by atoms with Gasteiger partial charge in [-0.2, -0.15) is 4.31 Å². The summed E-state index contributed by atoms with van der Waals surface area (Å²) in [6, 6.07) is 6.67. The van der Waals surface area contributed by atoms with Crippen LogP contribution in [0.15, 0.2) is 35.4 Å². The second-order valence-corrected chi connectivity index (χ2v) is 10.6. The van der Waals surface area contributed by atoms with Gasteiger partial charge in [-0.05, 0) is 49.9 Å². The molecule has 9 nitrogen and oxygen atoms in total. The monoisotopic (exact) mass is 473 g/mol. The van der Waals surface area contributed by atoms with Crippen molar-refractivity contribution >= 4 is 21.7 Å². The molecular formula is C23H27N3O6S. The molecule has 0 radical (unpaired) electrons. The quantitative estimate of drug-likeness (QED) is 0.668. The third-order valence-electron chi connectivity index (χ3n) is 6.57. The van der Waals surface area contributed by atoms with E-state index in [1.165, 1.54) is 16.6 Å². The number of nitrogens with one attached hydrogen (secondary N) is 1. The fourth-order valence-corrected chi connectivity index (χ4v) is 6.18. The zero-order chi connectivity index (χ0) is 23.0. The van der Waals surface area contributed by atoms with E-state index in [4.69, 9.17) is 9.47 Å². The number of Topliss-reactive ketones (excluding diaryl/α,β-unsaturated/α-hetero) is 1. The van der Waals surface area contributed by atoms with E-state index in [1.54, 1.807) is 23.1 Å². The molecule has 1 aromatic heterocycles. The summed E-state index contributed by atoms with van der Waals surface area (Å²) in [7, 11) is -3.57. The van der Waals surface area contributed by atoms with E-state index in [0.29, 0.717) is 69.3 Å². The Labute approximate surface area is 192 Å². The summed E-state index contributed by atoms with van der Waals surface area (Å²) in [4.78, 5) is 30.6. The van der Waals surface area contributed by atoms with E-state index in [-0.39, 0.29) is 28.2 Å². The molecule has 4 heterocycles. The number of piperidine rings is 1. The van der Waals surface area contributed by atoms with Crippen molar-refractivity contribution in [3.8, 4) is 11.5 Å². The zero-order valence-corrected chi connectivity index (χ0v) is 19.1. The van der Waals surface area contributed by atoms with E-state index in [1.807, 2.05) is 0 Å². The number of hydrogen-bond acceptors (Lipinski definition) is 6. The molecule has 0 unspecified atom stereocenters. The van der Waals surface area contributed by atoms with Crippen LogP contribution in [0.4, 0.5) is 0 Å². The lowest BCUT2D eigenvalue weighted by Gasteiger charge is -2.31. The van der Waals surface area contributed by atoms with Crippen molar-refractivity contribution in [2.75, 3.05) is 39.4 Å². The zero-order valence-electron chi connectivity index (χ0n) is 18.3. The van der Waals surface area contributed by atoms with Gasteiger partial charge in [-0.1, -0.05) is 0 Å². The molecule has 1 N–H and O–H groups in total. The summed E-state index contributed by atoms with van der Waals surface area (Å²) in [5.74, 6) is 0.855. The van der Waals surface area contributed by atoms with Gasteiger partial charge in [0, 0.05) is 43.9 Å². The number of hydrogen-bond donors (Lipinski definition) is 1. The number of benzene rings is 1. The highest BCUT2D eigenvalue weighted by Crippen LogP contribution is 2.33. The highest BCUT2D eigenvalue weighted by molar-refractivity contribution is 7.89. The van der Waals surface area contributed by atoms with Crippen LogP contribution in [0.25, 0.3) is 0 Å². The number of rotatable bonds is 5. The van der Waals surface area contributed by atoms with Crippen LogP contribution in [0, 0.1) is 5.92 Å². The third-order valence-corrected chi connectivity index (χ3v) is 8.45. The third kappa shape index (κ3) is 4.24. The maximum absolute atomic E-state index is 13.0. The minimum absolute atomic E-state index is 0.0398. The van der Waals surface area contributed by atoms with Gasteiger partial charge in [0.15, 0.2) is 17.3 Å². The Bertz CT molecular complexity index is 1160. The smallest absolute Gasteiger partial charge is 0.270 e. The molecule has 0 spiro atoms. The standard InChI is InChI=1S/C23H27N3O6S/c27-22(17-3-4-20-21(13-17)32-12-11-31-20)16-5-9-25(10-6-16)23(28)19-14-18(15-24-19)33(29,30)26-7-1-2-8-26/h3-4,13-16,24H,1-2,5-12H2. The average Bonchev–Trinajstić information content (AvgIpc) is 3.56. The number of nitrogens with zero attached hydrogens (tertiary/aromatic N) is 2. The Kier molecular flexibility index (Phi) is 5.88. The fourth-order valence-electron chi connectivity index (χ4n) is 4.67. The lowest BCUT2D eigenvalue weighted by molar-refractivity contribution is 0.0646. The molecule has 2 saturated heterocycles. The van der Waals surface area contributed by atoms with Crippen molar-refractivity contribution in [2.45, 2.75) is 30.6 Å². The van der Waals surface area contributed by atoms with E-state index >= 15 is 0 Å². The van der Waals surface area contributed by atoms with Gasteiger partial charge in [0.05, 0.1) is 0 Å². The second kappa shape index (κ2) is 8.83. The number of carbonyl (C=O) groups is 2. The molecule has 3 aliphatic heterocycles. The molecule has 2 aromatic rings. The summed E-state index contributed by atoms with van der Waals surface area (Å²) in [6.07, 6.45) is 4.21. The summed E-state index contributed by atoms with van der Waals surface area (Å²) in [5.41, 5.74) is 0.842. The molecule has 1 aromatic carbocycles. The van der Waals surface area contributed by atoms with Crippen LogP contribution in [0.1, 0.15) is 46.5 Å². The van der Waals surface area contributed by atoms with Crippen LogP contribution >= 0.6 is 0 Å². The van der Waals surface area contributed by atoms with Crippen LogP contribution in [-0.2, 0) is 10.0 Å². The van der Waals surface area contributed by atoms with Crippen LogP contribution in [-0.4, -0.2) is 73.7 Å². The van der Waals surface area contributed by atoms with Gasteiger partial charge >= 0.3 is 0 Å². The van der Waals surface area contributed by atoms with Crippen LogP contribution in [0.2, 0.25) is 0 Å². The van der Waals surface area contributed by atoms with Gasteiger partial charge < -0.3 is 19.4 Å². The molecular weight excluding hydrogens is 446 g/mol. The molecule has 0 atom stereocenters. The number of amides is 1. The lowest BCUT2D eigenvalue weighted by Crippen LogP contribution is -2.40. The Morgan fingerprint density at radius 2 is 1.64 bits per heavy atom. The number of ether oxygens (including phenoxy) is 2. The SMILES string of the molecule is O=C(c1ccc2c(c1)OCCO2)C1CCN(C(=O)c2cc(S(=O)(=O)N3CCCC3)c[nH]2)CC1. The first-order valence-electron chi connectivity index (χ1n) is 11.4. The van der Waals surface area contributed by atoms with Crippen molar-refractivity contribution < 1.29 is 27.5 Å². The van der Waals surface area contributed by atoms with Gasteiger partial charge in [0.2, 0.25) is 10.0 Å². The molecule has 3 aliphatic rings. The maximum atomic E-state index is 13.0. The Morgan fingerprint density at radius 3 is 2.36 bits per heavy atom. The van der Waals surface area contributed by atoms with E-state index < -0.39 is 10.0 Å². The van der Waals surface area contributed by atoms with E-state index in [0.717, 1.165) is 12.8 Å². The summed E-state index contributed by atoms with van der Waals surface area (Å²) < 4.78 is 38.0. The number of carbonyl (C=O) groups excluding carboxylic acids is 2.